The first kappa shape index (κ1) is 7.76. The summed E-state index contributed by atoms with van der Waals surface area (Å²) >= 11 is 0. The van der Waals surface area contributed by atoms with E-state index in [9.17, 15) is 0 Å². The van der Waals surface area contributed by atoms with Crippen LogP contribution in [0.4, 0.5) is 0 Å². The van der Waals surface area contributed by atoms with Crippen molar-refractivity contribution in [2.24, 2.45) is 0 Å². The van der Waals surface area contributed by atoms with Crippen LogP contribution in [-0.2, 0) is 9.47 Å². The fourth-order valence-corrected chi connectivity index (χ4v) is 0.924. The third-order valence-electron chi connectivity index (χ3n) is 1.71. The molecule has 0 unspecified atom stereocenters. The van der Waals surface area contributed by atoms with Crippen LogP contribution in [0.1, 0.15) is 20.8 Å². The van der Waals surface area contributed by atoms with E-state index in [2.05, 4.69) is 0 Å². The Morgan fingerprint density at radius 2 is 1.60 bits per heavy atom. The van der Waals surface area contributed by atoms with Crippen molar-refractivity contribution >= 4 is 0 Å². The van der Waals surface area contributed by atoms with Gasteiger partial charge in [0.2, 0.25) is 0 Å². The Morgan fingerprint density at radius 1 is 1.10 bits per heavy atom. The first-order chi connectivity index (χ1) is 4.74. The van der Waals surface area contributed by atoms with Gasteiger partial charge >= 0.3 is 0 Å². The zero-order chi connectivity index (χ0) is 7.56. The lowest BCUT2D eigenvalue weighted by molar-refractivity contribution is -0.0244. The molecule has 2 heteroatoms. The van der Waals surface area contributed by atoms with E-state index in [1.165, 1.54) is 0 Å². The quantitative estimate of drug-likeness (QED) is 0.519. The lowest BCUT2D eigenvalue weighted by Gasteiger charge is -2.02. The maximum Gasteiger partial charge on any atom is 0.177 e. The highest BCUT2D eigenvalue weighted by atomic mass is 16.7. The summed E-state index contributed by atoms with van der Waals surface area (Å²) in [6.45, 7) is 6.00. The fourth-order valence-electron chi connectivity index (χ4n) is 0.924. The molecular weight excluding hydrogens is 128 g/mol. The fraction of sp³-hybridized carbons (Fsp3) is 0.750. The van der Waals surface area contributed by atoms with E-state index in [-0.39, 0.29) is 18.5 Å². The van der Waals surface area contributed by atoms with Gasteiger partial charge in [-0.2, -0.15) is 0 Å². The predicted octanol–water partition coefficient (Wildman–Crippen LogP) is 1.71. The topological polar surface area (TPSA) is 18.5 Å². The Morgan fingerprint density at radius 3 is 2.00 bits per heavy atom. The van der Waals surface area contributed by atoms with E-state index in [1.807, 2.05) is 32.9 Å². The number of hydrogen-bond acceptors (Lipinski definition) is 2. The summed E-state index contributed by atoms with van der Waals surface area (Å²) in [5.74, 6) is 0. The van der Waals surface area contributed by atoms with Gasteiger partial charge in [-0.1, -0.05) is 6.08 Å². The summed E-state index contributed by atoms with van der Waals surface area (Å²) in [5, 5.41) is 0. The average molecular weight is 142 g/mol. The summed E-state index contributed by atoms with van der Waals surface area (Å²) in [6, 6.07) is 0. The summed E-state index contributed by atoms with van der Waals surface area (Å²) in [6.07, 6.45) is 4.19. The van der Waals surface area contributed by atoms with Crippen LogP contribution in [0.2, 0.25) is 0 Å². The van der Waals surface area contributed by atoms with E-state index in [0.29, 0.717) is 0 Å². The zero-order valence-electron chi connectivity index (χ0n) is 6.70. The third-order valence-corrected chi connectivity index (χ3v) is 1.71. The molecule has 0 bridgehead atoms. The molecule has 58 valence electrons. The summed E-state index contributed by atoms with van der Waals surface area (Å²) < 4.78 is 10.8. The van der Waals surface area contributed by atoms with Crippen LogP contribution in [0, 0.1) is 0 Å². The molecule has 10 heavy (non-hydrogen) atoms. The molecule has 0 radical (unpaired) electrons. The van der Waals surface area contributed by atoms with Crippen LogP contribution in [0.25, 0.3) is 0 Å². The zero-order valence-corrected chi connectivity index (χ0v) is 6.70. The molecule has 2 nitrogen and oxygen atoms in total. The number of ether oxygens (including phenoxy) is 2. The van der Waals surface area contributed by atoms with Gasteiger partial charge in [-0.15, -0.1) is 0 Å². The van der Waals surface area contributed by atoms with E-state index in [1.54, 1.807) is 0 Å². The van der Waals surface area contributed by atoms with Gasteiger partial charge in [-0.05, 0) is 26.8 Å². The maximum atomic E-state index is 5.40. The van der Waals surface area contributed by atoms with Gasteiger partial charge < -0.3 is 9.47 Å². The van der Waals surface area contributed by atoms with E-state index in [0.717, 1.165) is 0 Å². The first-order valence-corrected chi connectivity index (χ1v) is 3.67. The Hall–Kier alpha value is -0.340. The molecule has 0 N–H and O–H groups in total. The van der Waals surface area contributed by atoms with Gasteiger partial charge in [0.15, 0.2) is 6.29 Å². The standard InChI is InChI=1S/C8H14O2/c1-4-5-8-9-6(2)7(3)10-8/h4-8H,1-3H3/b5-4+/t6-,7-/m1/s1. The van der Waals surface area contributed by atoms with E-state index in [4.69, 9.17) is 9.47 Å². The van der Waals surface area contributed by atoms with Crippen molar-refractivity contribution < 1.29 is 9.47 Å². The molecule has 2 atom stereocenters. The van der Waals surface area contributed by atoms with Gasteiger partial charge in [-0.3, -0.25) is 0 Å². The van der Waals surface area contributed by atoms with Crippen LogP contribution in [0.15, 0.2) is 12.2 Å². The van der Waals surface area contributed by atoms with E-state index < -0.39 is 0 Å². The minimum Gasteiger partial charge on any atom is -0.343 e. The van der Waals surface area contributed by atoms with Gasteiger partial charge in [0.25, 0.3) is 0 Å². The molecule has 1 fully saturated rings. The van der Waals surface area contributed by atoms with Crippen molar-refractivity contribution in [2.45, 2.75) is 39.3 Å². The average Bonchev–Trinajstić information content (AvgIpc) is 2.14. The molecule has 0 spiro atoms. The van der Waals surface area contributed by atoms with Crippen molar-refractivity contribution in [3.05, 3.63) is 12.2 Å². The lowest BCUT2D eigenvalue weighted by atomic mass is 10.3. The van der Waals surface area contributed by atoms with Gasteiger partial charge in [-0.25, -0.2) is 0 Å². The molecule has 1 aliphatic rings. The second-order valence-electron chi connectivity index (χ2n) is 2.58. The largest absolute Gasteiger partial charge is 0.343 e. The SMILES string of the molecule is C/C=C/C1O[C@H](C)[C@@H](C)O1. The van der Waals surface area contributed by atoms with Gasteiger partial charge in [0.1, 0.15) is 0 Å². The Kier molecular flexibility index (Phi) is 2.46. The molecule has 0 saturated carbocycles. The van der Waals surface area contributed by atoms with Crippen molar-refractivity contribution in [3.8, 4) is 0 Å². The first-order valence-electron chi connectivity index (χ1n) is 3.67. The van der Waals surface area contributed by atoms with Crippen LogP contribution >= 0.6 is 0 Å². The number of hydrogen-bond donors (Lipinski definition) is 0. The minimum absolute atomic E-state index is 0.116. The van der Waals surface area contributed by atoms with E-state index >= 15 is 0 Å². The summed E-state index contributed by atoms with van der Waals surface area (Å²) in [7, 11) is 0. The van der Waals surface area contributed by atoms with Crippen molar-refractivity contribution in [1.29, 1.82) is 0 Å². The Balaban J connectivity index is 2.41. The predicted molar refractivity (Wildman–Crippen MR) is 39.7 cm³/mol. The number of allylic oxidation sites excluding steroid dienone is 1. The van der Waals surface area contributed by atoms with Gasteiger partial charge in [0.05, 0.1) is 12.2 Å². The molecule has 1 rings (SSSR count). The smallest absolute Gasteiger partial charge is 0.177 e. The van der Waals surface area contributed by atoms with Crippen molar-refractivity contribution in [3.63, 3.8) is 0 Å². The third kappa shape index (κ3) is 1.58. The second-order valence-corrected chi connectivity index (χ2v) is 2.58. The van der Waals surface area contributed by atoms with Crippen LogP contribution < -0.4 is 0 Å². The second kappa shape index (κ2) is 3.17. The maximum absolute atomic E-state index is 5.40. The Bertz CT molecular complexity index is 121. The molecule has 0 amide bonds. The molecule has 1 heterocycles. The summed E-state index contributed by atoms with van der Waals surface area (Å²) in [4.78, 5) is 0. The highest BCUT2D eigenvalue weighted by Crippen LogP contribution is 2.18. The highest BCUT2D eigenvalue weighted by molar-refractivity contribution is 4.86. The molecule has 0 aromatic heterocycles. The molecule has 0 aromatic carbocycles. The summed E-state index contributed by atoms with van der Waals surface area (Å²) in [5.41, 5.74) is 0. The van der Waals surface area contributed by atoms with Crippen LogP contribution in [-0.4, -0.2) is 18.5 Å². The molecule has 1 aliphatic heterocycles. The lowest BCUT2D eigenvalue weighted by Crippen LogP contribution is -2.13. The van der Waals surface area contributed by atoms with Crippen molar-refractivity contribution in [2.75, 3.05) is 0 Å². The molecule has 0 aliphatic carbocycles. The van der Waals surface area contributed by atoms with Crippen LogP contribution in [0.5, 0.6) is 0 Å². The number of rotatable bonds is 1. The van der Waals surface area contributed by atoms with Gasteiger partial charge in [0, 0.05) is 0 Å². The molecular formula is C8H14O2. The Labute approximate surface area is 61.8 Å². The minimum atomic E-state index is -0.116. The van der Waals surface area contributed by atoms with Crippen LogP contribution in [0.3, 0.4) is 0 Å². The normalized spacial score (nSPS) is 35.9. The van der Waals surface area contributed by atoms with Crippen molar-refractivity contribution in [1.82, 2.24) is 0 Å². The highest BCUT2D eigenvalue weighted by Gasteiger charge is 2.27. The monoisotopic (exact) mass is 142 g/mol. The molecule has 1 saturated heterocycles. The molecule has 0 aromatic rings.